The molecule has 0 fully saturated rings. The van der Waals surface area contributed by atoms with E-state index in [-0.39, 0.29) is 11.8 Å². The predicted octanol–water partition coefficient (Wildman–Crippen LogP) is 3.63. The van der Waals surface area contributed by atoms with Gasteiger partial charge in [0.15, 0.2) is 5.16 Å². The molecule has 23 heavy (non-hydrogen) atoms. The van der Waals surface area contributed by atoms with Crippen molar-refractivity contribution in [3.63, 3.8) is 0 Å². The van der Waals surface area contributed by atoms with Crippen molar-refractivity contribution >= 4 is 23.4 Å². The number of hydrogen-bond donors (Lipinski definition) is 1. The number of thioether (sulfide) groups is 1. The van der Waals surface area contributed by atoms with Gasteiger partial charge in [-0.3, -0.25) is 4.79 Å². The number of allylic oxidation sites excluding steroid dienone is 1. The minimum atomic E-state index is -0.0557. The molecular formula is C17H22N4OS. The molecule has 0 radical (unpaired) electrons. The van der Waals surface area contributed by atoms with E-state index in [1.165, 1.54) is 11.8 Å². The Bertz CT molecular complexity index is 694. The van der Waals surface area contributed by atoms with Crippen molar-refractivity contribution in [1.29, 1.82) is 0 Å². The standard InChI is InChI=1S/C17H22N4OS/c1-5-9-21-16(12(2)3)19-20-17(21)23-11-15(22)18-14-8-6-7-13(4)10-14/h5-8,10,12H,1,9,11H2,2-4H3,(H,18,22). The number of carbonyl (C=O) groups is 1. The molecule has 122 valence electrons. The highest BCUT2D eigenvalue weighted by atomic mass is 32.2. The first-order chi connectivity index (χ1) is 11.0. The van der Waals surface area contributed by atoms with Crippen LogP contribution in [0.4, 0.5) is 5.69 Å². The number of amides is 1. The van der Waals surface area contributed by atoms with Crippen LogP contribution < -0.4 is 5.32 Å². The van der Waals surface area contributed by atoms with E-state index in [4.69, 9.17) is 0 Å². The number of nitrogens with one attached hydrogen (secondary N) is 1. The number of aromatic nitrogens is 3. The van der Waals surface area contributed by atoms with Crippen LogP contribution in [0.1, 0.15) is 31.2 Å². The van der Waals surface area contributed by atoms with Crippen LogP contribution >= 0.6 is 11.8 Å². The van der Waals surface area contributed by atoms with Gasteiger partial charge in [-0.2, -0.15) is 0 Å². The lowest BCUT2D eigenvalue weighted by Crippen LogP contribution is -2.15. The van der Waals surface area contributed by atoms with Crippen molar-refractivity contribution in [2.75, 3.05) is 11.1 Å². The molecule has 0 aliphatic heterocycles. The largest absolute Gasteiger partial charge is 0.325 e. The van der Waals surface area contributed by atoms with Gasteiger partial charge in [0.05, 0.1) is 5.75 Å². The summed E-state index contributed by atoms with van der Waals surface area (Å²) >= 11 is 1.39. The van der Waals surface area contributed by atoms with Crippen molar-refractivity contribution in [2.45, 2.75) is 38.4 Å². The zero-order valence-electron chi connectivity index (χ0n) is 13.7. The van der Waals surface area contributed by atoms with Crippen molar-refractivity contribution in [3.05, 3.63) is 48.3 Å². The lowest BCUT2D eigenvalue weighted by molar-refractivity contribution is -0.113. The molecule has 6 heteroatoms. The maximum atomic E-state index is 12.1. The van der Waals surface area contributed by atoms with Crippen molar-refractivity contribution in [3.8, 4) is 0 Å². The number of aryl methyl sites for hydroxylation is 1. The summed E-state index contributed by atoms with van der Waals surface area (Å²) in [4.78, 5) is 12.1. The first-order valence-electron chi connectivity index (χ1n) is 7.54. The van der Waals surface area contributed by atoms with Crippen LogP contribution in [0.25, 0.3) is 0 Å². The molecule has 0 aliphatic carbocycles. The van der Waals surface area contributed by atoms with Crippen molar-refractivity contribution in [1.82, 2.24) is 14.8 Å². The summed E-state index contributed by atoms with van der Waals surface area (Å²) in [6.07, 6.45) is 1.81. The average molecular weight is 330 g/mol. The van der Waals surface area contributed by atoms with E-state index in [2.05, 4.69) is 35.9 Å². The van der Waals surface area contributed by atoms with Crippen LogP contribution in [0, 0.1) is 6.92 Å². The van der Waals surface area contributed by atoms with Gasteiger partial charge in [-0.1, -0.05) is 43.8 Å². The van der Waals surface area contributed by atoms with Crippen molar-refractivity contribution in [2.24, 2.45) is 0 Å². The monoisotopic (exact) mass is 330 g/mol. The molecule has 0 saturated carbocycles. The highest BCUT2D eigenvalue weighted by molar-refractivity contribution is 7.99. The Morgan fingerprint density at radius 3 is 2.87 bits per heavy atom. The fraction of sp³-hybridized carbons (Fsp3) is 0.353. The molecule has 1 heterocycles. The second-order valence-corrected chi connectivity index (χ2v) is 6.54. The van der Waals surface area contributed by atoms with E-state index in [9.17, 15) is 4.79 Å². The van der Waals surface area contributed by atoms with Gasteiger partial charge in [0.1, 0.15) is 5.82 Å². The van der Waals surface area contributed by atoms with Crippen LogP contribution in [0.2, 0.25) is 0 Å². The zero-order valence-corrected chi connectivity index (χ0v) is 14.6. The van der Waals surface area contributed by atoms with E-state index < -0.39 is 0 Å². The first kappa shape index (κ1) is 17.3. The van der Waals surface area contributed by atoms with Gasteiger partial charge < -0.3 is 9.88 Å². The smallest absolute Gasteiger partial charge is 0.234 e. The average Bonchev–Trinajstić information content (AvgIpc) is 2.89. The lowest BCUT2D eigenvalue weighted by Gasteiger charge is -2.09. The number of rotatable bonds is 7. The van der Waals surface area contributed by atoms with Gasteiger partial charge in [0, 0.05) is 18.2 Å². The fourth-order valence-electron chi connectivity index (χ4n) is 2.18. The topological polar surface area (TPSA) is 59.8 Å². The first-order valence-corrected chi connectivity index (χ1v) is 8.53. The third kappa shape index (κ3) is 4.69. The van der Waals surface area contributed by atoms with Crippen LogP contribution in [-0.4, -0.2) is 26.4 Å². The summed E-state index contributed by atoms with van der Waals surface area (Å²) in [5.74, 6) is 1.42. The number of carbonyl (C=O) groups excluding carboxylic acids is 1. The molecule has 0 aliphatic rings. The second kappa shape index (κ2) is 7.97. The SMILES string of the molecule is C=CCn1c(SCC(=O)Nc2cccc(C)c2)nnc1C(C)C. The quantitative estimate of drug-likeness (QED) is 0.622. The summed E-state index contributed by atoms with van der Waals surface area (Å²) < 4.78 is 2.00. The van der Waals surface area contributed by atoms with E-state index in [1.807, 2.05) is 41.8 Å². The number of anilines is 1. The van der Waals surface area contributed by atoms with Gasteiger partial charge in [-0.25, -0.2) is 0 Å². The molecule has 0 spiro atoms. The Balaban J connectivity index is 2.00. The van der Waals surface area contributed by atoms with E-state index in [1.54, 1.807) is 0 Å². The number of nitrogens with zero attached hydrogens (tertiary/aromatic N) is 3. The molecule has 1 aromatic heterocycles. The lowest BCUT2D eigenvalue weighted by atomic mass is 10.2. The highest BCUT2D eigenvalue weighted by Crippen LogP contribution is 2.21. The molecule has 1 aromatic carbocycles. The Morgan fingerprint density at radius 2 is 2.22 bits per heavy atom. The molecular weight excluding hydrogens is 308 g/mol. The van der Waals surface area contributed by atoms with E-state index in [0.717, 1.165) is 22.2 Å². The summed E-state index contributed by atoms with van der Waals surface area (Å²) in [6, 6.07) is 7.75. The Morgan fingerprint density at radius 1 is 1.43 bits per heavy atom. The Kier molecular flexibility index (Phi) is 5.98. The summed E-state index contributed by atoms with van der Waals surface area (Å²) in [7, 11) is 0. The molecule has 1 N–H and O–H groups in total. The molecule has 0 saturated heterocycles. The van der Waals surface area contributed by atoms with Crippen LogP contribution in [0.3, 0.4) is 0 Å². The molecule has 0 unspecified atom stereocenters. The van der Waals surface area contributed by atoms with E-state index >= 15 is 0 Å². The summed E-state index contributed by atoms with van der Waals surface area (Å²) in [5, 5.41) is 12.1. The minimum Gasteiger partial charge on any atom is -0.325 e. The molecule has 2 rings (SSSR count). The van der Waals surface area contributed by atoms with Crippen LogP contribution in [-0.2, 0) is 11.3 Å². The molecule has 1 amide bonds. The maximum Gasteiger partial charge on any atom is 0.234 e. The maximum absolute atomic E-state index is 12.1. The van der Waals surface area contributed by atoms with Gasteiger partial charge in [0.2, 0.25) is 5.91 Å². The number of hydrogen-bond acceptors (Lipinski definition) is 4. The molecule has 5 nitrogen and oxygen atoms in total. The zero-order chi connectivity index (χ0) is 16.8. The highest BCUT2D eigenvalue weighted by Gasteiger charge is 2.15. The minimum absolute atomic E-state index is 0.0557. The molecule has 2 aromatic rings. The van der Waals surface area contributed by atoms with Gasteiger partial charge in [0.25, 0.3) is 0 Å². The predicted molar refractivity (Wildman–Crippen MR) is 94.8 cm³/mol. The third-order valence-electron chi connectivity index (χ3n) is 3.21. The summed E-state index contributed by atoms with van der Waals surface area (Å²) in [6.45, 7) is 10.6. The van der Waals surface area contributed by atoms with E-state index in [0.29, 0.717) is 12.3 Å². The summed E-state index contributed by atoms with van der Waals surface area (Å²) in [5.41, 5.74) is 1.92. The normalized spacial score (nSPS) is 10.8. The second-order valence-electron chi connectivity index (χ2n) is 5.60. The van der Waals surface area contributed by atoms with Crippen LogP contribution in [0.5, 0.6) is 0 Å². The van der Waals surface area contributed by atoms with Gasteiger partial charge in [-0.15, -0.1) is 16.8 Å². The molecule has 0 bridgehead atoms. The van der Waals surface area contributed by atoms with Gasteiger partial charge >= 0.3 is 0 Å². The van der Waals surface area contributed by atoms with Crippen LogP contribution in [0.15, 0.2) is 42.1 Å². The van der Waals surface area contributed by atoms with Gasteiger partial charge in [-0.05, 0) is 24.6 Å². The Labute approximate surface area is 141 Å². The fourth-order valence-corrected chi connectivity index (χ4v) is 2.94. The Hall–Kier alpha value is -2.08. The number of benzene rings is 1. The van der Waals surface area contributed by atoms with Crippen molar-refractivity contribution < 1.29 is 4.79 Å². The molecule has 0 atom stereocenters. The third-order valence-corrected chi connectivity index (χ3v) is 4.17.